The molecular weight excluding hydrogens is 400 g/mol. The van der Waals surface area contributed by atoms with Gasteiger partial charge in [0.2, 0.25) is 10.0 Å². The summed E-state index contributed by atoms with van der Waals surface area (Å²) in [6.45, 7) is 2.28. The zero-order chi connectivity index (χ0) is 21.6. The van der Waals surface area contributed by atoms with Crippen molar-refractivity contribution in [2.45, 2.75) is 24.9 Å². The molecule has 6 nitrogen and oxygen atoms in total. The van der Waals surface area contributed by atoms with Gasteiger partial charge in [-0.05, 0) is 47.9 Å². The van der Waals surface area contributed by atoms with Gasteiger partial charge in [-0.3, -0.25) is 4.79 Å². The van der Waals surface area contributed by atoms with Crippen LogP contribution in [0.25, 0.3) is 0 Å². The van der Waals surface area contributed by atoms with E-state index in [1.807, 2.05) is 54.6 Å². The van der Waals surface area contributed by atoms with Crippen molar-refractivity contribution >= 4 is 15.9 Å². The Bertz CT molecular complexity index is 1110. The SMILES string of the molecule is COc1ccc(CNC(=O)c2cc(S(=O)(=O)NCc3ccccc3)ccc2C)cc1. The van der Waals surface area contributed by atoms with E-state index >= 15 is 0 Å². The summed E-state index contributed by atoms with van der Waals surface area (Å²) in [5, 5.41) is 2.84. The molecule has 30 heavy (non-hydrogen) atoms. The van der Waals surface area contributed by atoms with E-state index in [0.717, 1.165) is 16.9 Å². The summed E-state index contributed by atoms with van der Waals surface area (Å²) in [6, 6.07) is 21.2. The van der Waals surface area contributed by atoms with Crippen LogP contribution in [0.4, 0.5) is 0 Å². The van der Waals surface area contributed by atoms with Crippen molar-refractivity contribution in [1.29, 1.82) is 0 Å². The molecule has 156 valence electrons. The number of sulfonamides is 1. The molecule has 0 bridgehead atoms. The van der Waals surface area contributed by atoms with Crippen LogP contribution in [-0.2, 0) is 23.1 Å². The largest absolute Gasteiger partial charge is 0.497 e. The molecule has 0 heterocycles. The van der Waals surface area contributed by atoms with E-state index in [4.69, 9.17) is 4.74 Å². The summed E-state index contributed by atoms with van der Waals surface area (Å²) in [5.41, 5.74) is 2.79. The zero-order valence-electron chi connectivity index (χ0n) is 16.9. The van der Waals surface area contributed by atoms with Crippen molar-refractivity contribution in [2.24, 2.45) is 0 Å². The molecule has 0 aliphatic rings. The lowest BCUT2D eigenvalue weighted by atomic mass is 10.1. The summed E-state index contributed by atoms with van der Waals surface area (Å²) in [7, 11) is -2.16. The van der Waals surface area contributed by atoms with Crippen molar-refractivity contribution in [2.75, 3.05) is 7.11 Å². The van der Waals surface area contributed by atoms with E-state index in [0.29, 0.717) is 17.7 Å². The van der Waals surface area contributed by atoms with Gasteiger partial charge in [0.1, 0.15) is 5.75 Å². The number of carbonyl (C=O) groups excluding carboxylic acids is 1. The van der Waals surface area contributed by atoms with Crippen molar-refractivity contribution in [3.63, 3.8) is 0 Å². The minimum atomic E-state index is -3.75. The van der Waals surface area contributed by atoms with Crippen molar-refractivity contribution in [3.05, 3.63) is 95.1 Å². The lowest BCUT2D eigenvalue weighted by Crippen LogP contribution is -2.26. The maximum absolute atomic E-state index is 12.7. The fourth-order valence-corrected chi connectivity index (χ4v) is 3.93. The number of nitrogens with one attached hydrogen (secondary N) is 2. The number of hydrogen-bond acceptors (Lipinski definition) is 4. The molecule has 0 aliphatic heterocycles. The summed E-state index contributed by atoms with van der Waals surface area (Å²) < 4.78 is 33.1. The third kappa shape index (κ3) is 5.46. The first-order valence-corrected chi connectivity index (χ1v) is 10.9. The van der Waals surface area contributed by atoms with Gasteiger partial charge < -0.3 is 10.1 Å². The zero-order valence-corrected chi connectivity index (χ0v) is 17.7. The van der Waals surface area contributed by atoms with Gasteiger partial charge in [-0.2, -0.15) is 0 Å². The molecule has 3 rings (SSSR count). The van der Waals surface area contributed by atoms with E-state index < -0.39 is 10.0 Å². The van der Waals surface area contributed by atoms with Gasteiger partial charge in [-0.25, -0.2) is 13.1 Å². The molecule has 0 spiro atoms. The number of hydrogen-bond donors (Lipinski definition) is 2. The Hall–Kier alpha value is -3.16. The predicted octanol–water partition coefficient (Wildman–Crippen LogP) is 3.41. The van der Waals surface area contributed by atoms with Crippen LogP contribution in [0.1, 0.15) is 27.0 Å². The molecule has 3 aromatic carbocycles. The van der Waals surface area contributed by atoms with E-state index in [1.165, 1.54) is 12.1 Å². The molecule has 0 saturated carbocycles. The van der Waals surface area contributed by atoms with E-state index in [2.05, 4.69) is 10.0 Å². The van der Waals surface area contributed by atoms with Crippen LogP contribution in [0.2, 0.25) is 0 Å². The Labute approximate surface area is 177 Å². The van der Waals surface area contributed by atoms with E-state index in [9.17, 15) is 13.2 Å². The fourth-order valence-electron chi connectivity index (χ4n) is 2.89. The topological polar surface area (TPSA) is 84.5 Å². The predicted molar refractivity (Wildman–Crippen MR) is 116 cm³/mol. The molecule has 0 saturated heterocycles. The first kappa shape index (κ1) is 21.5. The molecule has 0 atom stereocenters. The van der Waals surface area contributed by atoms with Gasteiger partial charge in [-0.1, -0.05) is 48.5 Å². The Morgan fingerprint density at radius 2 is 1.57 bits per heavy atom. The highest BCUT2D eigenvalue weighted by molar-refractivity contribution is 7.89. The minimum absolute atomic E-state index is 0.0543. The second kappa shape index (κ2) is 9.56. The van der Waals surface area contributed by atoms with Gasteiger partial charge in [-0.15, -0.1) is 0 Å². The number of benzene rings is 3. The third-order valence-corrected chi connectivity index (χ3v) is 6.08. The average Bonchev–Trinajstić information content (AvgIpc) is 2.77. The van der Waals surface area contributed by atoms with Crippen LogP contribution in [-0.4, -0.2) is 21.4 Å². The standard InChI is InChI=1S/C23H24N2O4S/c1-17-8-13-21(30(27,28)25-16-18-6-4-3-5-7-18)14-22(17)23(26)24-15-19-9-11-20(29-2)12-10-19/h3-14,25H,15-16H2,1-2H3,(H,24,26). The third-order valence-electron chi connectivity index (χ3n) is 4.69. The Kier molecular flexibility index (Phi) is 6.87. The molecule has 2 N–H and O–H groups in total. The van der Waals surface area contributed by atoms with E-state index in [1.54, 1.807) is 20.1 Å². The van der Waals surface area contributed by atoms with Crippen LogP contribution in [0.5, 0.6) is 5.75 Å². The maximum Gasteiger partial charge on any atom is 0.251 e. The number of ether oxygens (including phenoxy) is 1. The molecule has 0 fully saturated rings. The number of methoxy groups -OCH3 is 1. The summed E-state index contributed by atoms with van der Waals surface area (Å²) >= 11 is 0. The van der Waals surface area contributed by atoms with E-state index in [-0.39, 0.29) is 17.3 Å². The smallest absolute Gasteiger partial charge is 0.251 e. The van der Waals surface area contributed by atoms with Crippen LogP contribution in [0.15, 0.2) is 77.7 Å². The highest BCUT2D eigenvalue weighted by Gasteiger charge is 2.18. The molecule has 3 aromatic rings. The van der Waals surface area contributed by atoms with Crippen molar-refractivity contribution in [1.82, 2.24) is 10.0 Å². The first-order valence-electron chi connectivity index (χ1n) is 9.44. The maximum atomic E-state index is 12.7. The Morgan fingerprint density at radius 3 is 2.23 bits per heavy atom. The Balaban J connectivity index is 1.70. The molecule has 0 aliphatic carbocycles. The van der Waals surface area contributed by atoms with Crippen LogP contribution in [0, 0.1) is 6.92 Å². The molecule has 0 radical (unpaired) electrons. The Morgan fingerprint density at radius 1 is 0.900 bits per heavy atom. The number of aryl methyl sites for hydroxylation is 1. The highest BCUT2D eigenvalue weighted by Crippen LogP contribution is 2.17. The van der Waals surface area contributed by atoms with Crippen LogP contribution >= 0.6 is 0 Å². The monoisotopic (exact) mass is 424 g/mol. The molecule has 7 heteroatoms. The first-order chi connectivity index (χ1) is 14.4. The average molecular weight is 425 g/mol. The van der Waals surface area contributed by atoms with Gasteiger partial charge in [0.15, 0.2) is 0 Å². The number of carbonyl (C=O) groups is 1. The van der Waals surface area contributed by atoms with Crippen LogP contribution < -0.4 is 14.8 Å². The van der Waals surface area contributed by atoms with Gasteiger partial charge in [0.25, 0.3) is 5.91 Å². The summed E-state index contributed by atoms with van der Waals surface area (Å²) in [4.78, 5) is 12.7. The number of amides is 1. The number of rotatable bonds is 8. The second-order valence-electron chi connectivity index (χ2n) is 6.82. The molecule has 1 amide bonds. The normalized spacial score (nSPS) is 11.1. The summed E-state index contributed by atoms with van der Waals surface area (Å²) in [5.74, 6) is 0.408. The lowest BCUT2D eigenvalue weighted by molar-refractivity contribution is 0.0950. The van der Waals surface area contributed by atoms with Crippen molar-refractivity contribution < 1.29 is 17.9 Å². The van der Waals surface area contributed by atoms with Crippen molar-refractivity contribution in [3.8, 4) is 5.75 Å². The van der Waals surface area contributed by atoms with Crippen LogP contribution in [0.3, 0.4) is 0 Å². The van der Waals surface area contributed by atoms with Gasteiger partial charge in [0.05, 0.1) is 12.0 Å². The minimum Gasteiger partial charge on any atom is -0.497 e. The lowest BCUT2D eigenvalue weighted by Gasteiger charge is -2.12. The van der Waals surface area contributed by atoms with Gasteiger partial charge >= 0.3 is 0 Å². The summed E-state index contributed by atoms with van der Waals surface area (Å²) in [6.07, 6.45) is 0. The van der Waals surface area contributed by atoms with Gasteiger partial charge in [0, 0.05) is 18.7 Å². The molecule has 0 unspecified atom stereocenters. The molecule has 0 aromatic heterocycles. The quantitative estimate of drug-likeness (QED) is 0.580. The fraction of sp³-hybridized carbons (Fsp3) is 0.174. The molecular formula is C23H24N2O4S. The highest BCUT2D eigenvalue weighted by atomic mass is 32.2. The second-order valence-corrected chi connectivity index (χ2v) is 8.58.